The van der Waals surface area contributed by atoms with Gasteiger partial charge in [0.15, 0.2) is 6.10 Å². The van der Waals surface area contributed by atoms with Crippen LogP contribution in [0.25, 0.3) is 0 Å². The van der Waals surface area contributed by atoms with E-state index >= 15 is 0 Å². The van der Waals surface area contributed by atoms with Gasteiger partial charge in [0, 0.05) is 18.7 Å². The molecule has 7 nitrogen and oxygen atoms in total. The van der Waals surface area contributed by atoms with Crippen molar-refractivity contribution >= 4 is 29.4 Å². The van der Waals surface area contributed by atoms with E-state index in [9.17, 15) is 23.6 Å². The maximum Gasteiger partial charge on any atom is 0.306 e. The second-order valence-electron chi connectivity index (χ2n) is 6.54. The lowest BCUT2D eigenvalue weighted by Gasteiger charge is -2.15. The topological polar surface area (TPSA) is 92.8 Å². The monoisotopic (exact) mass is 398 g/mol. The lowest BCUT2D eigenvalue weighted by atomic mass is 10.1. The molecule has 0 bridgehead atoms. The van der Waals surface area contributed by atoms with Gasteiger partial charge in [-0.15, -0.1) is 0 Å². The van der Waals surface area contributed by atoms with Crippen molar-refractivity contribution in [2.75, 3.05) is 11.9 Å². The summed E-state index contributed by atoms with van der Waals surface area (Å²) in [6.45, 7) is 1.50. The molecule has 0 fully saturated rings. The van der Waals surface area contributed by atoms with Crippen molar-refractivity contribution in [3.05, 3.63) is 65.5 Å². The summed E-state index contributed by atoms with van der Waals surface area (Å²) in [7, 11) is 0. The highest BCUT2D eigenvalue weighted by atomic mass is 19.1. The number of carbonyl (C=O) groups excluding carboxylic acids is 4. The molecule has 0 aromatic heterocycles. The fourth-order valence-electron chi connectivity index (χ4n) is 2.91. The van der Waals surface area contributed by atoms with Gasteiger partial charge in [-0.2, -0.15) is 0 Å². The Morgan fingerprint density at radius 1 is 1.03 bits per heavy atom. The number of rotatable bonds is 7. The van der Waals surface area contributed by atoms with Crippen LogP contribution in [0.5, 0.6) is 0 Å². The van der Waals surface area contributed by atoms with E-state index in [1.165, 1.54) is 31.2 Å². The van der Waals surface area contributed by atoms with Gasteiger partial charge >= 0.3 is 5.97 Å². The van der Waals surface area contributed by atoms with Crippen LogP contribution in [0, 0.1) is 5.82 Å². The second kappa shape index (κ2) is 8.64. The number of benzene rings is 2. The first-order valence-corrected chi connectivity index (χ1v) is 9.08. The number of fused-ring (bicyclic) bond motifs is 1. The lowest BCUT2D eigenvalue weighted by Crippen LogP contribution is -2.32. The van der Waals surface area contributed by atoms with E-state index in [2.05, 4.69) is 5.32 Å². The Morgan fingerprint density at radius 2 is 1.62 bits per heavy atom. The van der Waals surface area contributed by atoms with Crippen LogP contribution in [-0.2, 0) is 14.3 Å². The Labute approximate surface area is 166 Å². The fraction of sp³-hybridized carbons (Fsp3) is 0.238. The number of anilines is 1. The van der Waals surface area contributed by atoms with Gasteiger partial charge in [-0.05, 0) is 49.7 Å². The standard InChI is InChI=1S/C21H19FN2O5/c1-13(19(26)23-15-10-8-14(22)9-11-15)29-18(25)7-4-12-24-20(27)16-5-2-3-6-17(16)21(24)28/h2-3,5-6,8-11,13H,4,7,12H2,1H3,(H,23,26)/t13-/m1/s1. The zero-order valence-corrected chi connectivity index (χ0v) is 15.7. The minimum absolute atomic E-state index is 0.0540. The van der Waals surface area contributed by atoms with Crippen molar-refractivity contribution in [3.63, 3.8) is 0 Å². The molecule has 8 heteroatoms. The molecule has 3 rings (SSSR count). The Bertz CT molecular complexity index is 923. The largest absolute Gasteiger partial charge is 0.453 e. The molecule has 0 aliphatic carbocycles. The molecule has 150 valence electrons. The molecule has 0 saturated heterocycles. The number of hydrogen-bond acceptors (Lipinski definition) is 5. The van der Waals surface area contributed by atoms with Crippen molar-refractivity contribution in [2.24, 2.45) is 0 Å². The van der Waals surface area contributed by atoms with Gasteiger partial charge in [0.1, 0.15) is 5.82 Å². The maximum atomic E-state index is 12.9. The van der Waals surface area contributed by atoms with Crippen LogP contribution in [0.3, 0.4) is 0 Å². The van der Waals surface area contributed by atoms with Crippen molar-refractivity contribution in [1.82, 2.24) is 4.90 Å². The van der Waals surface area contributed by atoms with Gasteiger partial charge in [-0.1, -0.05) is 12.1 Å². The Balaban J connectivity index is 1.44. The molecule has 0 spiro atoms. The molecule has 1 aliphatic heterocycles. The average molecular weight is 398 g/mol. The molecule has 0 saturated carbocycles. The lowest BCUT2D eigenvalue weighted by molar-refractivity contribution is -0.153. The number of halogens is 1. The SMILES string of the molecule is C[C@@H](OC(=O)CCCN1C(=O)c2ccccc2C1=O)C(=O)Nc1ccc(F)cc1. The number of carbonyl (C=O) groups is 4. The normalized spacial score (nSPS) is 13.8. The molecular formula is C21H19FN2O5. The van der Waals surface area contributed by atoms with Crippen LogP contribution in [0.1, 0.15) is 40.5 Å². The van der Waals surface area contributed by atoms with Gasteiger partial charge in [0.25, 0.3) is 17.7 Å². The first kappa shape index (κ1) is 20.2. The van der Waals surface area contributed by atoms with E-state index < -0.39 is 23.8 Å². The summed E-state index contributed by atoms with van der Waals surface area (Å²) < 4.78 is 18.0. The first-order chi connectivity index (χ1) is 13.9. The van der Waals surface area contributed by atoms with Crippen molar-refractivity contribution in [3.8, 4) is 0 Å². The predicted octanol–water partition coefficient (Wildman–Crippen LogP) is 2.77. The van der Waals surface area contributed by atoms with Crippen LogP contribution < -0.4 is 5.32 Å². The minimum Gasteiger partial charge on any atom is -0.453 e. The highest BCUT2D eigenvalue weighted by Crippen LogP contribution is 2.22. The third-order valence-electron chi connectivity index (χ3n) is 4.43. The van der Waals surface area contributed by atoms with Gasteiger partial charge in [-0.3, -0.25) is 24.1 Å². The molecule has 1 heterocycles. The Kier molecular flexibility index (Phi) is 6.01. The average Bonchev–Trinajstić information content (AvgIpc) is 2.95. The van der Waals surface area contributed by atoms with Crippen LogP contribution in [0.2, 0.25) is 0 Å². The number of hydrogen-bond donors (Lipinski definition) is 1. The summed E-state index contributed by atoms with van der Waals surface area (Å²) in [5.41, 5.74) is 1.09. The summed E-state index contributed by atoms with van der Waals surface area (Å²) in [6, 6.07) is 11.7. The molecular weight excluding hydrogens is 379 g/mol. The molecule has 1 aliphatic rings. The predicted molar refractivity (Wildman–Crippen MR) is 102 cm³/mol. The van der Waals surface area contributed by atoms with E-state index in [-0.39, 0.29) is 31.2 Å². The summed E-state index contributed by atoms with van der Waals surface area (Å²) in [6.07, 6.45) is -0.884. The number of imide groups is 1. The number of amides is 3. The Hall–Kier alpha value is -3.55. The third kappa shape index (κ3) is 4.66. The van der Waals surface area contributed by atoms with E-state index in [1.807, 2.05) is 0 Å². The number of nitrogens with one attached hydrogen (secondary N) is 1. The van der Waals surface area contributed by atoms with Crippen LogP contribution in [-0.4, -0.2) is 41.2 Å². The Morgan fingerprint density at radius 3 is 2.21 bits per heavy atom. The van der Waals surface area contributed by atoms with Crippen molar-refractivity contribution in [1.29, 1.82) is 0 Å². The van der Waals surface area contributed by atoms with Crippen LogP contribution >= 0.6 is 0 Å². The number of nitrogens with zero attached hydrogens (tertiary/aromatic N) is 1. The zero-order chi connectivity index (χ0) is 21.0. The molecule has 0 unspecified atom stereocenters. The highest BCUT2D eigenvalue weighted by molar-refractivity contribution is 6.21. The molecule has 29 heavy (non-hydrogen) atoms. The van der Waals surface area contributed by atoms with E-state index in [1.54, 1.807) is 24.3 Å². The molecule has 2 aromatic rings. The van der Waals surface area contributed by atoms with Gasteiger partial charge < -0.3 is 10.1 Å². The fourth-order valence-corrected chi connectivity index (χ4v) is 2.91. The van der Waals surface area contributed by atoms with Crippen LogP contribution in [0.4, 0.5) is 10.1 Å². The quantitative estimate of drug-likeness (QED) is 0.572. The van der Waals surface area contributed by atoms with Gasteiger partial charge in [0.2, 0.25) is 0 Å². The maximum absolute atomic E-state index is 12.9. The minimum atomic E-state index is -1.05. The van der Waals surface area contributed by atoms with Crippen molar-refractivity contribution in [2.45, 2.75) is 25.9 Å². The molecule has 3 amide bonds. The summed E-state index contributed by atoms with van der Waals surface area (Å²) in [5, 5.41) is 2.52. The second-order valence-corrected chi connectivity index (χ2v) is 6.54. The first-order valence-electron chi connectivity index (χ1n) is 9.08. The molecule has 1 atom stereocenters. The summed E-state index contributed by atoms with van der Waals surface area (Å²) >= 11 is 0. The molecule has 0 radical (unpaired) electrons. The highest BCUT2D eigenvalue weighted by Gasteiger charge is 2.34. The van der Waals surface area contributed by atoms with Gasteiger partial charge in [-0.25, -0.2) is 4.39 Å². The van der Waals surface area contributed by atoms with Gasteiger partial charge in [0.05, 0.1) is 11.1 Å². The third-order valence-corrected chi connectivity index (χ3v) is 4.43. The summed E-state index contributed by atoms with van der Waals surface area (Å²) in [5.74, 6) is -2.37. The van der Waals surface area contributed by atoms with Crippen LogP contribution in [0.15, 0.2) is 48.5 Å². The van der Waals surface area contributed by atoms with E-state index in [0.717, 1.165) is 4.90 Å². The summed E-state index contributed by atoms with van der Waals surface area (Å²) in [4.78, 5) is 49.6. The number of ether oxygens (including phenoxy) is 1. The van der Waals surface area contributed by atoms with Crippen molar-refractivity contribution < 1.29 is 28.3 Å². The van der Waals surface area contributed by atoms with E-state index in [0.29, 0.717) is 16.8 Å². The number of esters is 1. The van der Waals surface area contributed by atoms with E-state index in [4.69, 9.17) is 4.74 Å². The zero-order valence-electron chi connectivity index (χ0n) is 15.7. The smallest absolute Gasteiger partial charge is 0.306 e. The molecule has 2 aromatic carbocycles. The molecule has 1 N–H and O–H groups in total.